The number of rotatable bonds is 6. The van der Waals surface area contributed by atoms with E-state index in [0.29, 0.717) is 12.3 Å². The Morgan fingerprint density at radius 3 is 2.57 bits per heavy atom. The Hall–Kier alpha value is -1.55. The molecule has 0 radical (unpaired) electrons. The van der Waals surface area contributed by atoms with Crippen molar-refractivity contribution in [2.75, 3.05) is 13.1 Å². The van der Waals surface area contributed by atoms with Gasteiger partial charge in [0.1, 0.15) is 5.84 Å². The van der Waals surface area contributed by atoms with Gasteiger partial charge in [0.05, 0.1) is 0 Å². The normalized spacial score (nSPS) is 19.6. The van der Waals surface area contributed by atoms with Crippen molar-refractivity contribution >= 4 is 5.84 Å². The molecule has 1 aliphatic heterocycles. The highest BCUT2D eigenvalue weighted by Gasteiger charge is 2.26. The monoisotopic (exact) mass is 289 g/mol. The van der Waals surface area contributed by atoms with Crippen LogP contribution in [0.1, 0.15) is 50.6 Å². The molecule has 0 aliphatic carbocycles. The largest absolute Gasteiger partial charge is 0.409 e. The summed E-state index contributed by atoms with van der Waals surface area (Å²) >= 11 is 0. The van der Waals surface area contributed by atoms with E-state index in [1.54, 1.807) is 0 Å². The maximum absolute atomic E-state index is 8.89. The zero-order chi connectivity index (χ0) is 15.1. The highest BCUT2D eigenvalue weighted by atomic mass is 16.4. The predicted octanol–water partition coefficient (Wildman–Crippen LogP) is 3.38. The first-order valence-corrected chi connectivity index (χ1v) is 8.00. The lowest BCUT2D eigenvalue weighted by molar-refractivity contribution is 0.130. The van der Waals surface area contributed by atoms with Crippen LogP contribution in [0.4, 0.5) is 0 Å². The van der Waals surface area contributed by atoms with E-state index < -0.39 is 0 Å². The lowest BCUT2D eigenvalue weighted by Crippen LogP contribution is -2.38. The standard InChI is InChI=1S/C17H27N3O/c1-2-6-14-9-11-20(12-10-14)16(13-17(18)19-21)15-7-4-3-5-8-15/h3-5,7-8,14,16,21H,2,6,9-13H2,1H3,(H2,18,19). The fraction of sp³-hybridized carbons (Fsp3) is 0.588. The molecular formula is C17H27N3O. The second-order valence-corrected chi connectivity index (χ2v) is 5.99. The summed E-state index contributed by atoms with van der Waals surface area (Å²) in [6, 6.07) is 10.6. The number of amidine groups is 1. The second kappa shape index (κ2) is 8.03. The summed E-state index contributed by atoms with van der Waals surface area (Å²) in [6.07, 6.45) is 5.71. The third-order valence-electron chi connectivity index (χ3n) is 4.50. The number of nitrogens with zero attached hydrogens (tertiary/aromatic N) is 2. The highest BCUT2D eigenvalue weighted by molar-refractivity contribution is 5.80. The van der Waals surface area contributed by atoms with E-state index in [4.69, 9.17) is 10.9 Å². The Balaban J connectivity index is 2.06. The van der Waals surface area contributed by atoms with Crippen LogP contribution in [0.15, 0.2) is 35.5 Å². The minimum atomic E-state index is 0.213. The van der Waals surface area contributed by atoms with Crippen molar-refractivity contribution < 1.29 is 5.21 Å². The van der Waals surface area contributed by atoms with Crippen LogP contribution in [0.3, 0.4) is 0 Å². The average Bonchev–Trinajstić information content (AvgIpc) is 2.54. The molecule has 2 rings (SSSR count). The minimum Gasteiger partial charge on any atom is -0.409 e. The van der Waals surface area contributed by atoms with Crippen LogP contribution < -0.4 is 5.73 Å². The van der Waals surface area contributed by atoms with E-state index in [2.05, 4.69) is 41.2 Å². The van der Waals surface area contributed by atoms with Crippen LogP contribution >= 0.6 is 0 Å². The Morgan fingerprint density at radius 1 is 1.33 bits per heavy atom. The minimum absolute atomic E-state index is 0.213. The molecule has 1 saturated heterocycles. The number of likely N-dealkylation sites (tertiary alicyclic amines) is 1. The summed E-state index contributed by atoms with van der Waals surface area (Å²) in [4.78, 5) is 2.49. The van der Waals surface area contributed by atoms with E-state index in [0.717, 1.165) is 19.0 Å². The van der Waals surface area contributed by atoms with Gasteiger partial charge >= 0.3 is 0 Å². The van der Waals surface area contributed by atoms with Gasteiger partial charge in [0.2, 0.25) is 0 Å². The third kappa shape index (κ3) is 4.46. The Bertz CT molecular complexity index is 439. The van der Waals surface area contributed by atoms with Gasteiger partial charge in [-0.1, -0.05) is 55.3 Å². The van der Waals surface area contributed by atoms with Gasteiger partial charge in [-0.05, 0) is 37.4 Å². The molecule has 1 heterocycles. The van der Waals surface area contributed by atoms with E-state index in [1.807, 2.05) is 6.07 Å². The fourth-order valence-corrected chi connectivity index (χ4v) is 3.33. The molecule has 1 aliphatic rings. The molecule has 1 aromatic rings. The number of benzene rings is 1. The van der Waals surface area contributed by atoms with Crippen LogP contribution in [0.25, 0.3) is 0 Å². The molecule has 0 bridgehead atoms. The second-order valence-electron chi connectivity index (χ2n) is 5.99. The summed E-state index contributed by atoms with van der Waals surface area (Å²) in [5.74, 6) is 1.17. The lowest BCUT2D eigenvalue weighted by Gasteiger charge is -2.37. The Morgan fingerprint density at radius 2 is 2.00 bits per heavy atom. The molecule has 0 spiro atoms. The molecule has 4 nitrogen and oxygen atoms in total. The molecule has 1 fully saturated rings. The van der Waals surface area contributed by atoms with Crippen molar-refractivity contribution in [2.45, 2.75) is 45.1 Å². The summed E-state index contributed by atoms with van der Waals surface area (Å²) < 4.78 is 0. The average molecular weight is 289 g/mol. The van der Waals surface area contributed by atoms with E-state index >= 15 is 0 Å². The van der Waals surface area contributed by atoms with Gasteiger partial charge in [-0.15, -0.1) is 0 Å². The van der Waals surface area contributed by atoms with Gasteiger partial charge in [-0.2, -0.15) is 0 Å². The SMILES string of the molecule is CCCC1CCN(C(CC(N)=NO)c2ccccc2)CC1. The molecule has 0 amide bonds. The summed E-state index contributed by atoms with van der Waals surface area (Å²) in [7, 11) is 0. The Labute approximate surface area is 127 Å². The third-order valence-corrected chi connectivity index (χ3v) is 4.50. The lowest BCUT2D eigenvalue weighted by atomic mass is 9.90. The van der Waals surface area contributed by atoms with E-state index in [1.165, 1.54) is 31.2 Å². The maximum atomic E-state index is 8.89. The Kier molecular flexibility index (Phi) is 6.05. The number of hydrogen-bond donors (Lipinski definition) is 2. The predicted molar refractivity (Wildman–Crippen MR) is 86.4 cm³/mol. The molecule has 1 unspecified atom stereocenters. The number of nitrogens with two attached hydrogens (primary N) is 1. The van der Waals surface area contributed by atoms with Crippen molar-refractivity contribution in [1.29, 1.82) is 0 Å². The summed E-state index contributed by atoms with van der Waals surface area (Å²) in [6.45, 7) is 4.46. The molecular weight excluding hydrogens is 262 g/mol. The van der Waals surface area contributed by atoms with Gasteiger partial charge in [-0.25, -0.2) is 0 Å². The van der Waals surface area contributed by atoms with E-state index in [9.17, 15) is 0 Å². The molecule has 0 saturated carbocycles. The fourth-order valence-electron chi connectivity index (χ4n) is 3.33. The maximum Gasteiger partial charge on any atom is 0.141 e. The van der Waals surface area contributed by atoms with Gasteiger partial charge in [-0.3, -0.25) is 4.90 Å². The van der Waals surface area contributed by atoms with Gasteiger partial charge < -0.3 is 10.9 Å². The van der Waals surface area contributed by atoms with Crippen LogP contribution in [-0.4, -0.2) is 29.0 Å². The van der Waals surface area contributed by atoms with Crippen LogP contribution in [0, 0.1) is 5.92 Å². The number of hydrogen-bond acceptors (Lipinski definition) is 3. The quantitative estimate of drug-likeness (QED) is 0.365. The van der Waals surface area contributed by atoms with Crippen molar-refractivity contribution in [3.05, 3.63) is 35.9 Å². The first-order chi connectivity index (χ1) is 10.2. The molecule has 21 heavy (non-hydrogen) atoms. The zero-order valence-corrected chi connectivity index (χ0v) is 12.9. The number of oxime groups is 1. The van der Waals surface area contributed by atoms with Crippen LogP contribution in [0.2, 0.25) is 0 Å². The molecule has 0 aromatic heterocycles. The molecule has 116 valence electrons. The number of piperidine rings is 1. The molecule has 3 N–H and O–H groups in total. The van der Waals surface area contributed by atoms with Crippen molar-refractivity contribution in [2.24, 2.45) is 16.8 Å². The van der Waals surface area contributed by atoms with E-state index in [-0.39, 0.29) is 6.04 Å². The summed E-state index contributed by atoms with van der Waals surface area (Å²) in [5.41, 5.74) is 7.01. The van der Waals surface area contributed by atoms with Crippen molar-refractivity contribution in [3.8, 4) is 0 Å². The van der Waals surface area contributed by atoms with Crippen molar-refractivity contribution in [3.63, 3.8) is 0 Å². The topological polar surface area (TPSA) is 61.8 Å². The van der Waals surface area contributed by atoms with Crippen molar-refractivity contribution in [1.82, 2.24) is 4.90 Å². The first-order valence-electron chi connectivity index (χ1n) is 8.00. The highest BCUT2D eigenvalue weighted by Crippen LogP contribution is 2.30. The molecule has 1 aromatic carbocycles. The van der Waals surface area contributed by atoms with Gasteiger partial charge in [0.15, 0.2) is 0 Å². The van der Waals surface area contributed by atoms with Crippen LogP contribution in [0.5, 0.6) is 0 Å². The van der Waals surface area contributed by atoms with Crippen LogP contribution in [-0.2, 0) is 0 Å². The zero-order valence-electron chi connectivity index (χ0n) is 12.9. The molecule has 1 atom stereocenters. The van der Waals surface area contributed by atoms with Gasteiger partial charge in [0.25, 0.3) is 0 Å². The van der Waals surface area contributed by atoms with Gasteiger partial charge in [0, 0.05) is 12.5 Å². The smallest absolute Gasteiger partial charge is 0.141 e. The molecule has 4 heteroatoms. The first kappa shape index (κ1) is 15.8. The summed E-state index contributed by atoms with van der Waals surface area (Å²) in [5, 5.41) is 12.0.